The molecular formula is C17H22N+. The van der Waals surface area contributed by atoms with Crippen LogP contribution in [-0.4, -0.2) is 13.6 Å². The number of quaternary nitrogens is 1. The Morgan fingerprint density at radius 2 is 1.50 bits per heavy atom. The lowest BCUT2D eigenvalue weighted by Gasteiger charge is -2.34. The third-order valence-corrected chi connectivity index (χ3v) is 3.64. The molecule has 0 saturated carbocycles. The molecule has 0 N–H and O–H groups in total. The molecule has 2 rings (SSSR count). The molecule has 94 valence electrons. The average Bonchev–Trinajstić information content (AvgIpc) is 2.40. The van der Waals surface area contributed by atoms with Gasteiger partial charge in [0, 0.05) is 5.56 Å². The Bertz CT molecular complexity index is 504. The Morgan fingerprint density at radius 1 is 0.889 bits per heavy atom. The fourth-order valence-electron chi connectivity index (χ4n) is 2.71. The molecule has 18 heavy (non-hydrogen) atoms. The molecule has 1 heteroatoms. The molecule has 0 heterocycles. The van der Waals surface area contributed by atoms with Gasteiger partial charge in [-0.3, -0.25) is 4.48 Å². The van der Waals surface area contributed by atoms with Gasteiger partial charge < -0.3 is 0 Å². The molecular weight excluding hydrogens is 218 g/mol. The van der Waals surface area contributed by atoms with Crippen LogP contribution in [0, 0.1) is 6.92 Å². The highest BCUT2D eigenvalue weighted by Gasteiger charge is 2.28. The highest BCUT2D eigenvalue weighted by atomic mass is 15.3. The van der Waals surface area contributed by atoms with E-state index in [0.717, 1.165) is 11.0 Å². The molecule has 0 fully saturated rings. The molecule has 1 unspecified atom stereocenters. The van der Waals surface area contributed by atoms with E-state index in [4.69, 9.17) is 0 Å². The van der Waals surface area contributed by atoms with Crippen molar-refractivity contribution in [2.24, 2.45) is 0 Å². The molecule has 0 amide bonds. The summed E-state index contributed by atoms with van der Waals surface area (Å²) in [5.41, 5.74) is 4.11. The van der Waals surface area contributed by atoms with E-state index in [-0.39, 0.29) is 0 Å². The second kappa shape index (κ2) is 5.36. The van der Waals surface area contributed by atoms with E-state index < -0.39 is 0 Å². The lowest BCUT2D eigenvalue weighted by atomic mass is 10.1. The molecule has 1 nitrogen and oxygen atoms in total. The van der Waals surface area contributed by atoms with Crippen molar-refractivity contribution < 1.29 is 0 Å². The van der Waals surface area contributed by atoms with Gasteiger partial charge in [0.2, 0.25) is 0 Å². The molecule has 0 saturated heterocycles. The van der Waals surface area contributed by atoms with Crippen LogP contribution >= 0.6 is 0 Å². The van der Waals surface area contributed by atoms with Crippen molar-refractivity contribution >= 4 is 11.4 Å². The topological polar surface area (TPSA) is 0 Å². The zero-order valence-corrected chi connectivity index (χ0v) is 11.6. The van der Waals surface area contributed by atoms with Gasteiger partial charge in [0.05, 0.1) is 13.6 Å². The minimum atomic E-state index is 0.879. The van der Waals surface area contributed by atoms with Crippen LogP contribution in [0.5, 0.6) is 0 Å². The quantitative estimate of drug-likeness (QED) is 0.681. The fraction of sp³-hybridized carbons (Fsp3) is 0.294. The Morgan fingerprint density at radius 3 is 2.11 bits per heavy atom. The van der Waals surface area contributed by atoms with Crippen molar-refractivity contribution in [2.75, 3.05) is 13.6 Å². The van der Waals surface area contributed by atoms with Gasteiger partial charge in [0.1, 0.15) is 11.4 Å². The summed E-state index contributed by atoms with van der Waals surface area (Å²) in [5, 5.41) is 0. The SMILES string of the molecule is CCC[N+](C)(c1ccccc1)c1ccccc1C. The minimum Gasteiger partial charge on any atom is -0.261 e. The third kappa shape index (κ3) is 2.32. The van der Waals surface area contributed by atoms with E-state index in [1.807, 2.05) is 0 Å². The monoisotopic (exact) mass is 240 g/mol. The second-order valence-corrected chi connectivity index (χ2v) is 5.04. The van der Waals surface area contributed by atoms with Crippen molar-refractivity contribution in [3.63, 3.8) is 0 Å². The zero-order chi connectivity index (χ0) is 13.0. The van der Waals surface area contributed by atoms with Crippen molar-refractivity contribution in [2.45, 2.75) is 20.3 Å². The minimum absolute atomic E-state index is 0.879. The summed E-state index contributed by atoms with van der Waals surface area (Å²) in [7, 11) is 2.31. The molecule has 0 radical (unpaired) electrons. The summed E-state index contributed by atoms with van der Waals surface area (Å²) in [6.45, 7) is 5.57. The highest BCUT2D eigenvalue weighted by molar-refractivity contribution is 5.61. The number of benzene rings is 2. The Balaban J connectivity index is 2.55. The van der Waals surface area contributed by atoms with Crippen molar-refractivity contribution in [1.29, 1.82) is 0 Å². The lowest BCUT2D eigenvalue weighted by Crippen LogP contribution is -2.40. The zero-order valence-electron chi connectivity index (χ0n) is 11.6. The summed E-state index contributed by atoms with van der Waals surface area (Å²) in [5.74, 6) is 0. The maximum Gasteiger partial charge on any atom is 0.140 e. The summed E-state index contributed by atoms with van der Waals surface area (Å²) in [6, 6.07) is 19.5. The van der Waals surface area contributed by atoms with Crippen LogP contribution in [0.2, 0.25) is 0 Å². The van der Waals surface area contributed by atoms with Gasteiger partial charge in [-0.15, -0.1) is 0 Å². The second-order valence-electron chi connectivity index (χ2n) is 5.04. The van der Waals surface area contributed by atoms with Gasteiger partial charge in [0.25, 0.3) is 0 Å². The molecule has 0 bridgehead atoms. The number of rotatable bonds is 4. The van der Waals surface area contributed by atoms with Crippen LogP contribution in [0.15, 0.2) is 54.6 Å². The maximum atomic E-state index is 2.31. The van der Waals surface area contributed by atoms with Crippen LogP contribution in [-0.2, 0) is 0 Å². The van der Waals surface area contributed by atoms with E-state index >= 15 is 0 Å². The lowest BCUT2D eigenvalue weighted by molar-refractivity contribution is 0.452. The molecule has 0 aromatic heterocycles. The average molecular weight is 240 g/mol. The molecule has 2 aromatic carbocycles. The number of hydrogen-bond acceptors (Lipinski definition) is 0. The first-order valence-electron chi connectivity index (χ1n) is 6.66. The van der Waals surface area contributed by atoms with Gasteiger partial charge in [-0.2, -0.15) is 0 Å². The van der Waals surface area contributed by atoms with Gasteiger partial charge in [-0.1, -0.05) is 43.3 Å². The third-order valence-electron chi connectivity index (χ3n) is 3.64. The largest absolute Gasteiger partial charge is 0.261 e. The Kier molecular flexibility index (Phi) is 3.83. The van der Waals surface area contributed by atoms with Gasteiger partial charge in [0.15, 0.2) is 0 Å². The number of nitrogens with zero attached hydrogens (tertiary/aromatic N) is 1. The number of hydrogen-bond donors (Lipinski definition) is 0. The van der Waals surface area contributed by atoms with Crippen molar-refractivity contribution in [3.8, 4) is 0 Å². The molecule has 0 spiro atoms. The van der Waals surface area contributed by atoms with E-state index in [1.165, 1.54) is 23.4 Å². The van der Waals surface area contributed by atoms with Crippen LogP contribution in [0.1, 0.15) is 18.9 Å². The fourth-order valence-corrected chi connectivity index (χ4v) is 2.71. The van der Waals surface area contributed by atoms with Gasteiger partial charge in [-0.25, -0.2) is 0 Å². The van der Waals surface area contributed by atoms with Crippen LogP contribution in [0.3, 0.4) is 0 Å². The van der Waals surface area contributed by atoms with Crippen molar-refractivity contribution in [1.82, 2.24) is 4.48 Å². The summed E-state index contributed by atoms with van der Waals surface area (Å²) in [6.07, 6.45) is 1.17. The molecule has 0 aliphatic rings. The van der Waals surface area contributed by atoms with E-state index in [2.05, 4.69) is 75.5 Å². The van der Waals surface area contributed by atoms with E-state index in [9.17, 15) is 0 Å². The summed E-state index contributed by atoms with van der Waals surface area (Å²) in [4.78, 5) is 0. The van der Waals surface area contributed by atoms with Gasteiger partial charge >= 0.3 is 0 Å². The van der Waals surface area contributed by atoms with E-state index in [1.54, 1.807) is 0 Å². The first kappa shape index (κ1) is 12.8. The maximum absolute atomic E-state index is 2.31. The first-order valence-corrected chi connectivity index (χ1v) is 6.66. The van der Waals surface area contributed by atoms with Crippen LogP contribution < -0.4 is 4.48 Å². The molecule has 0 aliphatic carbocycles. The first-order chi connectivity index (χ1) is 8.68. The van der Waals surface area contributed by atoms with Crippen LogP contribution in [0.4, 0.5) is 11.4 Å². The smallest absolute Gasteiger partial charge is 0.140 e. The van der Waals surface area contributed by atoms with E-state index in [0.29, 0.717) is 0 Å². The predicted octanol–water partition coefficient (Wildman–Crippen LogP) is 4.67. The predicted molar refractivity (Wildman–Crippen MR) is 80.2 cm³/mol. The number of para-hydroxylation sites is 2. The Hall–Kier alpha value is -1.60. The molecule has 1 atom stereocenters. The highest BCUT2D eigenvalue weighted by Crippen LogP contribution is 2.34. The standard InChI is InChI=1S/C17H22N/c1-4-14-18(3,16-11-6-5-7-12-16)17-13-9-8-10-15(17)2/h5-13H,4,14H2,1-3H3/q+1. The van der Waals surface area contributed by atoms with Crippen molar-refractivity contribution in [3.05, 3.63) is 60.2 Å². The summed E-state index contributed by atoms with van der Waals surface area (Å²) < 4.78 is 0.879. The normalized spacial score (nSPS) is 14.2. The summed E-state index contributed by atoms with van der Waals surface area (Å²) >= 11 is 0. The molecule has 0 aliphatic heterocycles. The van der Waals surface area contributed by atoms with Gasteiger partial charge in [-0.05, 0) is 31.5 Å². The molecule has 2 aromatic rings. The van der Waals surface area contributed by atoms with Crippen LogP contribution in [0.25, 0.3) is 0 Å². The Labute approximate surface area is 110 Å². The number of aryl methyl sites for hydroxylation is 1.